The molecule has 0 amide bonds. The van der Waals surface area contributed by atoms with E-state index in [9.17, 15) is 9.59 Å². The molecule has 0 aliphatic heterocycles. The number of aromatic amines is 1. The van der Waals surface area contributed by atoms with Gasteiger partial charge in [0, 0.05) is 21.5 Å². The first kappa shape index (κ1) is 12.3. The number of pyridine rings is 1. The van der Waals surface area contributed by atoms with Gasteiger partial charge in [-0.05, 0) is 41.1 Å². The number of nitrogens with one attached hydrogen (secondary N) is 1. The minimum absolute atomic E-state index is 0.138. The van der Waals surface area contributed by atoms with E-state index in [0.29, 0.717) is 15.6 Å². The highest BCUT2D eigenvalue weighted by molar-refractivity contribution is 9.10. The standard InChI is InChI=1S/C12H9BrClNO2/c1-6(14)12(17)8-4-7-2-3-10(16)15-11(7)9(13)5-8/h2-6H,1H3,(H,15,16). The van der Waals surface area contributed by atoms with Gasteiger partial charge in [0.1, 0.15) is 0 Å². The number of ketones is 1. The Balaban J connectivity index is 2.68. The van der Waals surface area contributed by atoms with Gasteiger partial charge in [0.2, 0.25) is 5.56 Å². The number of rotatable bonds is 2. The van der Waals surface area contributed by atoms with Crippen LogP contribution in [0.3, 0.4) is 0 Å². The van der Waals surface area contributed by atoms with Crippen molar-refractivity contribution < 1.29 is 4.79 Å². The Morgan fingerprint density at radius 3 is 2.76 bits per heavy atom. The molecule has 0 spiro atoms. The van der Waals surface area contributed by atoms with Crippen molar-refractivity contribution in [1.29, 1.82) is 0 Å². The lowest BCUT2D eigenvalue weighted by Gasteiger charge is -2.06. The van der Waals surface area contributed by atoms with Gasteiger partial charge in [-0.15, -0.1) is 11.6 Å². The fraction of sp³-hybridized carbons (Fsp3) is 0.167. The van der Waals surface area contributed by atoms with Gasteiger partial charge in [-0.2, -0.15) is 0 Å². The van der Waals surface area contributed by atoms with Crippen LogP contribution in [0, 0.1) is 0 Å². The first-order valence-corrected chi connectivity index (χ1v) is 6.23. The van der Waals surface area contributed by atoms with Gasteiger partial charge in [0.25, 0.3) is 0 Å². The largest absolute Gasteiger partial charge is 0.321 e. The molecule has 5 heteroatoms. The molecule has 88 valence electrons. The summed E-state index contributed by atoms with van der Waals surface area (Å²) in [6.45, 7) is 1.63. The smallest absolute Gasteiger partial charge is 0.248 e. The van der Waals surface area contributed by atoms with Gasteiger partial charge in [-0.25, -0.2) is 0 Å². The highest BCUT2D eigenvalue weighted by Crippen LogP contribution is 2.24. The molecular weight excluding hydrogens is 305 g/mol. The van der Waals surface area contributed by atoms with Crippen molar-refractivity contribution in [2.24, 2.45) is 0 Å². The van der Waals surface area contributed by atoms with Gasteiger partial charge < -0.3 is 4.98 Å². The highest BCUT2D eigenvalue weighted by atomic mass is 79.9. The van der Waals surface area contributed by atoms with Gasteiger partial charge >= 0.3 is 0 Å². The third-order valence-electron chi connectivity index (χ3n) is 2.43. The van der Waals surface area contributed by atoms with Crippen LogP contribution in [0.4, 0.5) is 0 Å². The summed E-state index contributed by atoms with van der Waals surface area (Å²) < 4.78 is 0.674. The van der Waals surface area contributed by atoms with Crippen molar-refractivity contribution in [3.63, 3.8) is 0 Å². The number of carbonyl (C=O) groups excluding carboxylic acids is 1. The maximum absolute atomic E-state index is 11.8. The van der Waals surface area contributed by atoms with Crippen LogP contribution in [0.2, 0.25) is 0 Å². The highest BCUT2D eigenvalue weighted by Gasteiger charge is 2.14. The van der Waals surface area contributed by atoms with Gasteiger partial charge in [-0.3, -0.25) is 9.59 Å². The summed E-state index contributed by atoms with van der Waals surface area (Å²) in [5.74, 6) is -0.138. The predicted octanol–water partition coefficient (Wildman–Crippen LogP) is 3.10. The molecule has 0 saturated heterocycles. The molecule has 2 aromatic rings. The van der Waals surface area contributed by atoms with Crippen LogP contribution in [-0.2, 0) is 0 Å². The first-order valence-electron chi connectivity index (χ1n) is 5.00. The number of fused-ring (bicyclic) bond motifs is 1. The fourth-order valence-corrected chi connectivity index (χ4v) is 2.29. The Labute approximate surface area is 111 Å². The molecule has 0 aliphatic carbocycles. The quantitative estimate of drug-likeness (QED) is 0.684. The maximum atomic E-state index is 11.8. The van der Waals surface area contributed by atoms with Crippen molar-refractivity contribution in [3.8, 4) is 0 Å². The van der Waals surface area contributed by atoms with Crippen LogP contribution in [0.1, 0.15) is 17.3 Å². The van der Waals surface area contributed by atoms with Crippen LogP contribution in [0.15, 0.2) is 33.5 Å². The van der Waals surface area contributed by atoms with Crippen LogP contribution in [-0.4, -0.2) is 16.1 Å². The Kier molecular flexibility index (Phi) is 3.35. The topological polar surface area (TPSA) is 49.9 Å². The lowest BCUT2D eigenvalue weighted by Crippen LogP contribution is -2.11. The van der Waals surface area contributed by atoms with E-state index in [1.54, 1.807) is 25.1 Å². The number of halogens is 2. The molecule has 17 heavy (non-hydrogen) atoms. The maximum Gasteiger partial charge on any atom is 0.248 e. The average Bonchev–Trinajstić information content (AvgIpc) is 2.28. The summed E-state index contributed by atoms with van der Waals surface area (Å²) in [7, 11) is 0. The molecule has 0 fully saturated rings. The molecular formula is C12H9BrClNO2. The minimum Gasteiger partial charge on any atom is -0.321 e. The molecule has 1 unspecified atom stereocenters. The van der Waals surface area contributed by atoms with Crippen molar-refractivity contribution in [3.05, 3.63) is 44.7 Å². The first-order chi connectivity index (χ1) is 7.99. The van der Waals surface area contributed by atoms with Gasteiger partial charge in [0.15, 0.2) is 5.78 Å². The second kappa shape index (κ2) is 4.63. The Morgan fingerprint density at radius 1 is 1.41 bits per heavy atom. The summed E-state index contributed by atoms with van der Waals surface area (Å²) in [6, 6.07) is 6.48. The number of H-pyrrole nitrogens is 1. The van der Waals surface area contributed by atoms with E-state index in [-0.39, 0.29) is 11.3 Å². The minimum atomic E-state index is -0.567. The Bertz CT molecular complexity index is 648. The van der Waals surface area contributed by atoms with Crippen LogP contribution < -0.4 is 5.56 Å². The van der Waals surface area contributed by atoms with Crippen molar-refractivity contribution in [2.75, 3.05) is 0 Å². The second-order valence-corrected chi connectivity index (χ2v) is 5.23. The monoisotopic (exact) mass is 313 g/mol. The molecule has 1 N–H and O–H groups in total. The number of Topliss-reactive ketones (excluding diaryl/α,β-unsaturated/α-hetero) is 1. The van der Waals surface area contributed by atoms with Gasteiger partial charge in [0.05, 0.1) is 10.9 Å². The summed E-state index contributed by atoms with van der Waals surface area (Å²) in [5, 5.41) is 0.224. The molecule has 1 aromatic heterocycles. The lowest BCUT2D eigenvalue weighted by atomic mass is 10.1. The van der Waals surface area contributed by atoms with Crippen molar-refractivity contribution >= 4 is 44.2 Å². The SMILES string of the molecule is CC(Cl)C(=O)c1cc(Br)c2[nH]c(=O)ccc2c1. The number of aromatic nitrogens is 1. The Morgan fingerprint density at radius 2 is 2.12 bits per heavy atom. The molecule has 0 bridgehead atoms. The second-order valence-electron chi connectivity index (χ2n) is 3.73. The zero-order valence-corrected chi connectivity index (χ0v) is 11.3. The normalized spacial score (nSPS) is 12.6. The van der Waals surface area contributed by atoms with E-state index in [2.05, 4.69) is 20.9 Å². The van der Waals surface area contributed by atoms with Crippen LogP contribution >= 0.6 is 27.5 Å². The number of hydrogen-bond acceptors (Lipinski definition) is 2. The molecule has 3 nitrogen and oxygen atoms in total. The summed E-state index contributed by atoms with van der Waals surface area (Å²) >= 11 is 9.10. The van der Waals surface area contributed by atoms with E-state index in [0.717, 1.165) is 5.39 Å². The van der Waals surface area contributed by atoms with Gasteiger partial charge in [-0.1, -0.05) is 0 Å². The van der Waals surface area contributed by atoms with Crippen LogP contribution in [0.5, 0.6) is 0 Å². The third kappa shape index (κ3) is 2.42. The van der Waals surface area contributed by atoms with Crippen molar-refractivity contribution in [1.82, 2.24) is 4.98 Å². The molecule has 1 heterocycles. The number of benzene rings is 1. The zero-order chi connectivity index (χ0) is 12.6. The van der Waals surface area contributed by atoms with E-state index < -0.39 is 5.38 Å². The number of carbonyl (C=O) groups is 1. The fourth-order valence-electron chi connectivity index (χ4n) is 1.59. The number of hydrogen-bond donors (Lipinski definition) is 1. The third-order valence-corrected chi connectivity index (χ3v) is 3.25. The molecule has 1 aromatic carbocycles. The molecule has 0 radical (unpaired) electrons. The molecule has 0 saturated carbocycles. The molecule has 0 aliphatic rings. The summed E-state index contributed by atoms with van der Waals surface area (Å²) in [6.07, 6.45) is 0. The average molecular weight is 315 g/mol. The van der Waals surface area contributed by atoms with Crippen LogP contribution in [0.25, 0.3) is 10.9 Å². The lowest BCUT2D eigenvalue weighted by molar-refractivity contribution is 0.0992. The van der Waals surface area contributed by atoms with E-state index in [1.165, 1.54) is 6.07 Å². The summed E-state index contributed by atoms with van der Waals surface area (Å²) in [5.41, 5.74) is 1.03. The van der Waals surface area contributed by atoms with E-state index in [4.69, 9.17) is 11.6 Å². The Hall–Kier alpha value is -1.13. The number of alkyl halides is 1. The predicted molar refractivity (Wildman–Crippen MR) is 71.9 cm³/mol. The summed E-state index contributed by atoms with van der Waals surface area (Å²) in [4.78, 5) is 25.7. The van der Waals surface area contributed by atoms with E-state index in [1.807, 2.05) is 0 Å². The zero-order valence-electron chi connectivity index (χ0n) is 8.96. The molecule has 1 atom stereocenters. The van der Waals surface area contributed by atoms with E-state index >= 15 is 0 Å². The van der Waals surface area contributed by atoms with Crippen molar-refractivity contribution in [2.45, 2.75) is 12.3 Å². The molecule has 2 rings (SSSR count).